The van der Waals surface area contributed by atoms with Crippen molar-refractivity contribution in [3.8, 4) is 28.4 Å². The monoisotopic (exact) mass is 437 g/mol. The van der Waals surface area contributed by atoms with Gasteiger partial charge >= 0.3 is 5.97 Å². The molecule has 0 aliphatic carbocycles. The Hall–Kier alpha value is -3.54. The van der Waals surface area contributed by atoms with Crippen LogP contribution in [0.4, 0.5) is 5.69 Å². The average Bonchev–Trinajstić information content (AvgIpc) is 2.71. The third kappa shape index (κ3) is 6.00. The first-order valence-corrected chi connectivity index (χ1v) is 10.4. The van der Waals surface area contributed by atoms with Crippen molar-refractivity contribution in [1.29, 1.82) is 0 Å². The topological polar surface area (TPSA) is 73.9 Å². The van der Waals surface area contributed by atoms with E-state index in [4.69, 9.17) is 14.2 Å². The van der Waals surface area contributed by atoms with Crippen molar-refractivity contribution in [3.05, 3.63) is 53.6 Å². The van der Waals surface area contributed by atoms with Crippen LogP contribution in [0.25, 0.3) is 17.2 Å². The maximum absolute atomic E-state index is 11.8. The van der Waals surface area contributed by atoms with Crippen molar-refractivity contribution in [1.82, 2.24) is 0 Å². The zero-order valence-corrected chi connectivity index (χ0v) is 19.6. The number of rotatable bonds is 9. The molecule has 0 aromatic heterocycles. The molecule has 0 unspecified atom stereocenters. The fourth-order valence-electron chi connectivity index (χ4n) is 3.41. The number of hydrogen-bond acceptors (Lipinski definition) is 5. The molecule has 0 fully saturated rings. The smallest absolute Gasteiger partial charge is 0.308 e. The SMILES string of the molecule is C=Cc1ccc(NC(C)=O)c(OC)c1-c1cc(OC(C)=O)cc(OCC)c1CC=C(C)C. The molecule has 32 heavy (non-hydrogen) atoms. The molecule has 0 atom stereocenters. The van der Waals surface area contributed by atoms with Crippen LogP contribution < -0.4 is 19.5 Å². The van der Waals surface area contributed by atoms with Gasteiger partial charge in [-0.2, -0.15) is 0 Å². The number of methoxy groups -OCH3 is 1. The lowest BCUT2D eigenvalue weighted by molar-refractivity contribution is -0.131. The minimum Gasteiger partial charge on any atom is -0.494 e. The Kier molecular flexibility index (Phi) is 8.64. The fraction of sp³-hybridized carbons (Fsp3) is 0.308. The largest absolute Gasteiger partial charge is 0.494 e. The maximum atomic E-state index is 11.8. The first-order valence-electron chi connectivity index (χ1n) is 10.4. The zero-order valence-electron chi connectivity index (χ0n) is 19.6. The maximum Gasteiger partial charge on any atom is 0.308 e. The summed E-state index contributed by atoms with van der Waals surface area (Å²) >= 11 is 0. The van der Waals surface area contributed by atoms with Crippen LogP contribution in [0.15, 0.2) is 42.5 Å². The van der Waals surface area contributed by atoms with Crippen LogP contribution in [0.3, 0.4) is 0 Å². The van der Waals surface area contributed by atoms with Crippen molar-refractivity contribution in [3.63, 3.8) is 0 Å². The number of esters is 1. The molecule has 0 bridgehead atoms. The summed E-state index contributed by atoms with van der Waals surface area (Å²) in [5, 5.41) is 2.82. The Bertz CT molecular complexity index is 1050. The second-order valence-corrected chi connectivity index (χ2v) is 7.46. The average molecular weight is 438 g/mol. The minimum absolute atomic E-state index is 0.214. The first-order chi connectivity index (χ1) is 15.2. The van der Waals surface area contributed by atoms with Gasteiger partial charge < -0.3 is 19.5 Å². The predicted molar refractivity (Wildman–Crippen MR) is 128 cm³/mol. The number of hydrogen-bond donors (Lipinski definition) is 1. The van der Waals surface area contributed by atoms with Gasteiger partial charge in [0.2, 0.25) is 5.91 Å². The molecule has 0 aliphatic rings. The number of amides is 1. The van der Waals surface area contributed by atoms with Crippen LogP contribution in [0, 0.1) is 0 Å². The van der Waals surface area contributed by atoms with Crippen LogP contribution >= 0.6 is 0 Å². The van der Waals surface area contributed by atoms with Crippen LogP contribution in [0.2, 0.25) is 0 Å². The molecule has 1 amide bonds. The Morgan fingerprint density at radius 1 is 1.12 bits per heavy atom. The molecule has 1 N–H and O–H groups in total. The summed E-state index contributed by atoms with van der Waals surface area (Å²) in [6, 6.07) is 7.15. The molecule has 0 saturated heterocycles. The molecule has 170 valence electrons. The van der Waals surface area contributed by atoms with E-state index in [1.54, 1.807) is 31.4 Å². The van der Waals surface area contributed by atoms with Gasteiger partial charge in [-0.1, -0.05) is 30.4 Å². The third-order valence-corrected chi connectivity index (χ3v) is 4.65. The highest BCUT2D eigenvalue weighted by atomic mass is 16.5. The van der Waals surface area contributed by atoms with Gasteiger partial charge in [0.25, 0.3) is 0 Å². The minimum atomic E-state index is -0.432. The molecule has 0 heterocycles. The number of ether oxygens (including phenoxy) is 3. The van der Waals surface area contributed by atoms with Crippen molar-refractivity contribution in [2.24, 2.45) is 0 Å². The van der Waals surface area contributed by atoms with Crippen LogP contribution in [-0.4, -0.2) is 25.6 Å². The van der Waals surface area contributed by atoms with Gasteiger partial charge in [-0.15, -0.1) is 0 Å². The van der Waals surface area contributed by atoms with Gasteiger partial charge in [0.1, 0.15) is 11.5 Å². The molecular formula is C26H31NO5. The van der Waals surface area contributed by atoms with Gasteiger partial charge in [-0.05, 0) is 50.5 Å². The van der Waals surface area contributed by atoms with Gasteiger partial charge in [0.15, 0.2) is 5.75 Å². The van der Waals surface area contributed by atoms with E-state index in [1.165, 1.54) is 13.8 Å². The van der Waals surface area contributed by atoms with Crippen molar-refractivity contribution in [2.75, 3.05) is 19.0 Å². The zero-order chi connectivity index (χ0) is 23.8. The third-order valence-electron chi connectivity index (χ3n) is 4.65. The number of carbonyl (C=O) groups excluding carboxylic acids is 2. The summed E-state index contributed by atoms with van der Waals surface area (Å²) in [5.74, 6) is 0.811. The lowest BCUT2D eigenvalue weighted by Crippen LogP contribution is -2.09. The molecule has 0 spiro atoms. The number of nitrogens with one attached hydrogen (secondary N) is 1. The number of carbonyl (C=O) groups is 2. The van der Waals surface area contributed by atoms with Gasteiger partial charge in [-0.3, -0.25) is 9.59 Å². The second kappa shape index (κ2) is 11.2. The molecule has 6 nitrogen and oxygen atoms in total. The van der Waals surface area contributed by atoms with Crippen LogP contribution in [-0.2, 0) is 16.0 Å². The Labute approximate surface area is 189 Å². The van der Waals surface area contributed by atoms with E-state index in [0.717, 1.165) is 27.8 Å². The molecule has 2 rings (SSSR count). The Morgan fingerprint density at radius 2 is 1.84 bits per heavy atom. The van der Waals surface area contributed by atoms with Gasteiger partial charge in [-0.25, -0.2) is 0 Å². The fourth-order valence-corrected chi connectivity index (χ4v) is 3.41. The van der Waals surface area contributed by atoms with Crippen molar-refractivity contribution in [2.45, 2.75) is 41.0 Å². The highest BCUT2D eigenvalue weighted by Gasteiger charge is 2.22. The van der Waals surface area contributed by atoms with Gasteiger partial charge in [0, 0.05) is 31.0 Å². The van der Waals surface area contributed by atoms with E-state index < -0.39 is 5.97 Å². The van der Waals surface area contributed by atoms with Crippen molar-refractivity contribution >= 4 is 23.6 Å². The highest BCUT2D eigenvalue weighted by Crippen LogP contribution is 2.45. The number of allylic oxidation sites excluding steroid dienone is 2. The second-order valence-electron chi connectivity index (χ2n) is 7.46. The van der Waals surface area contributed by atoms with E-state index in [2.05, 4.69) is 18.0 Å². The summed E-state index contributed by atoms with van der Waals surface area (Å²) in [6.07, 6.45) is 4.42. The quantitative estimate of drug-likeness (QED) is 0.305. The molecule has 0 radical (unpaired) electrons. The molecule has 2 aromatic rings. The molecule has 2 aromatic carbocycles. The van der Waals surface area contributed by atoms with Crippen LogP contribution in [0.1, 0.15) is 45.7 Å². The summed E-state index contributed by atoms with van der Waals surface area (Å²) in [6.45, 7) is 13.1. The highest BCUT2D eigenvalue weighted by molar-refractivity contribution is 5.95. The van der Waals surface area contributed by atoms with E-state index in [9.17, 15) is 9.59 Å². The van der Waals surface area contributed by atoms with E-state index in [1.807, 2.05) is 26.8 Å². The van der Waals surface area contributed by atoms with Crippen LogP contribution in [0.5, 0.6) is 17.2 Å². The van der Waals surface area contributed by atoms with Crippen molar-refractivity contribution < 1.29 is 23.8 Å². The molecule has 0 aliphatic heterocycles. The van der Waals surface area contributed by atoms with Gasteiger partial charge in [0.05, 0.1) is 19.4 Å². The summed E-state index contributed by atoms with van der Waals surface area (Å²) in [5.41, 5.74) is 4.89. The molecular weight excluding hydrogens is 406 g/mol. The molecule has 6 heteroatoms. The summed E-state index contributed by atoms with van der Waals surface area (Å²) in [4.78, 5) is 23.5. The lowest BCUT2D eigenvalue weighted by atomic mass is 9.91. The standard InChI is InChI=1S/C26H31NO5/c1-8-19-11-13-23(27-17(5)28)26(30-7)25(19)22-14-20(32-18(6)29)15-24(31-9-2)21(22)12-10-16(3)4/h8,10-11,13-15H,1,9,12H2,2-7H3,(H,27,28). The number of anilines is 1. The van der Waals surface area contributed by atoms with E-state index in [-0.39, 0.29) is 5.91 Å². The number of benzene rings is 2. The summed E-state index contributed by atoms with van der Waals surface area (Å²) in [7, 11) is 1.55. The molecule has 0 saturated carbocycles. The van der Waals surface area contributed by atoms with E-state index >= 15 is 0 Å². The first kappa shape index (κ1) is 24.7. The lowest BCUT2D eigenvalue weighted by Gasteiger charge is -2.21. The predicted octanol–water partition coefficient (Wildman–Crippen LogP) is 5.80. The normalized spacial score (nSPS) is 10.2. The van der Waals surface area contributed by atoms with E-state index in [0.29, 0.717) is 36.0 Å². The Morgan fingerprint density at radius 3 is 2.38 bits per heavy atom. The summed E-state index contributed by atoms with van der Waals surface area (Å²) < 4.78 is 17.1. The Balaban J connectivity index is 2.95.